The van der Waals surface area contributed by atoms with Gasteiger partial charge in [-0.2, -0.15) is 0 Å². The molecule has 2 aromatic rings. The van der Waals surface area contributed by atoms with Gasteiger partial charge in [-0.1, -0.05) is 17.7 Å². The first-order valence-electron chi connectivity index (χ1n) is 6.30. The summed E-state index contributed by atoms with van der Waals surface area (Å²) in [5.74, 6) is 0. The second-order valence-corrected chi connectivity index (χ2v) is 6.62. The zero-order chi connectivity index (χ0) is 12.1. The summed E-state index contributed by atoms with van der Waals surface area (Å²) in [7, 11) is 0. The highest BCUT2D eigenvalue weighted by molar-refractivity contribution is 7.12. The molecule has 18 heavy (non-hydrogen) atoms. The van der Waals surface area contributed by atoms with Crippen molar-refractivity contribution in [2.75, 3.05) is 0 Å². The minimum Gasteiger partial charge on any atom is -0.308 e. The summed E-state index contributed by atoms with van der Waals surface area (Å²) >= 11 is 7.87. The molecule has 1 aromatic carbocycles. The molecule has 0 saturated heterocycles. The second-order valence-electron chi connectivity index (χ2n) is 5.01. The molecule has 0 aliphatic heterocycles. The van der Waals surface area contributed by atoms with Gasteiger partial charge in [-0.05, 0) is 30.5 Å². The molecular formula is C14H13ClN2S. The van der Waals surface area contributed by atoms with Gasteiger partial charge in [0.2, 0.25) is 0 Å². The Bertz CT molecular complexity index is 616. The topological polar surface area (TPSA) is 24.9 Å². The van der Waals surface area contributed by atoms with Crippen LogP contribution in [-0.4, -0.2) is 11.0 Å². The summed E-state index contributed by atoms with van der Waals surface area (Å²) in [6.07, 6.45) is 3.64. The van der Waals surface area contributed by atoms with E-state index in [1.54, 1.807) is 0 Å². The second kappa shape index (κ2) is 4.05. The van der Waals surface area contributed by atoms with Gasteiger partial charge in [0.1, 0.15) is 5.01 Å². The smallest absolute Gasteiger partial charge is 0.107 e. The van der Waals surface area contributed by atoms with Crippen molar-refractivity contribution in [1.29, 1.82) is 0 Å². The number of hydrogen-bond donors (Lipinski definition) is 1. The van der Waals surface area contributed by atoms with Crippen LogP contribution in [-0.2, 0) is 13.0 Å². The van der Waals surface area contributed by atoms with Gasteiger partial charge >= 0.3 is 0 Å². The highest BCUT2D eigenvalue weighted by atomic mass is 35.5. The van der Waals surface area contributed by atoms with E-state index in [1.165, 1.54) is 39.5 Å². The van der Waals surface area contributed by atoms with E-state index in [4.69, 9.17) is 16.6 Å². The molecule has 1 saturated carbocycles. The molecule has 0 amide bonds. The van der Waals surface area contributed by atoms with Crippen molar-refractivity contribution in [3.8, 4) is 11.3 Å². The third-order valence-corrected chi connectivity index (χ3v) is 4.82. The maximum Gasteiger partial charge on any atom is 0.107 e. The fourth-order valence-electron chi connectivity index (χ4n) is 2.44. The van der Waals surface area contributed by atoms with E-state index >= 15 is 0 Å². The molecule has 2 aliphatic carbocycles. The van der Waals surface area contributed by atoms with Crippen LogP contribution in [0.15, 0.2) is 18.2 Å². The van der Waals surface area contributed by atoms with E-state index in [-0.39, 0.29) is 0 Å². The molecule has 4 heteroatoms. The number of rotatable bonds is 3. The Morgan fingerprint density at radius 1 is 1.39 bits per heavy atom. The van der Waals surface area contributed by atoms with Crippen LogP contribution in [0.1, 0.15) is 28.3 Å². The third kappa shape index (κ3) is 1.87. The summed E-state index contributed by atoms with van der Waals surface area (Å²) in [5, 5.41) is 5.56. The molecule has 1 aromatic heterocycles. The lowest BCUT2D eigenvalue weighted by Gasteiger charge is -2.01. The van der Waals surface area contributed by atoms with E-state index in [1.807, 2.05) is 17.4 Å². The molecule has 1 heterocycles. The Kier molecular flexibility index (Phi) is 2.47. The van der Waals surface area contributed by atoms with Gasteiger partial charge in [0.15, 0.2) is 0 Å². The molecule has 0 bridgehead atoms. The summed E-state index contributed by atoms with van der Waals surface area (Å²) in [6.45, 7) is 0.922. The van der Waals surface area contributed by atoms with Crippen LogP contribution in [0.25, 0.3) is 11.3 Å². The van der Waals surface area contributed by atoms with Crippen LogP contribution in [0.2, 0.25) is 5.02 Å². The lowest BCUT2D eigenvalue weighted by molar-refractivity contribution is 0.685. The summed E-state index contributed by atoms with van der Waals surface area (Å²) < 4.78 is 0. The number of aromatic nitrogens is 1. The first-order valence-corrected chi connectivity index (χ1v) is 7.50. The average Bonchev–Trinajstić information content (AvgIpc) is 3.00. The van der Waals surface area contributed by atoms with Gasteiger partial charge in [0, 0.05) is 34.5 Å². The zero-order valence-corrected chi connectivity index (χ0v) is 11.4. The van der Waals surface area contributed by atoms with Crippen LogP contribution < -0.4 is 5.32 Å². The molecule has 4 rings (SSSR count). The first-order chi connectivity index (χ1) is 8.79. The molecule has 2 nitrogen and oxygen atoms in total. The van der Waals surface area contributed by atoms with Crippen molar-refractivity contribution >= 4 is 22.9 Å². The number of thiazole rings is 1. The predicted octanol–water partition coefficient (Wildman–Crippen LogP) is 3.62. The van der Waals surface area contributed by atoms with Crippen LogP contribution in [0, 0.1) is 0 Å². The van der Waals surface area contributed by atoms with Gasteiger partial charge in [-0.15, -0.1) is 11.3 Å². The largest absolute Gasteiger partial charge is 0.308 e. The minimum absolute atomic E-state index is 0.745. The van der Waals surface area contributed by atoms with E-state index in [0.29, 0.717) is 0 Å². The summed E-state index contributed by atoms with van der Waals surface area (Å²) in [6, 6.07) is 6.86. The van der Waals surface area contributed by atoms with Crippen molar-refractivity contribution < 1.29 is 0 Å². The number of hydrogen-bond acceptors (Lipinski definition) is 3. The van der Waals surface area contributed by atoms with Crippen molar-refractivity contribution in [2.45, 2.75) is 31.8 Å². The molecule has 92 valence electrons. The van der Waals surface area contributed by atoms with Crippen LogP contribution >= 0.6 is 22.9 Å². The van der Waals surface area contributed by atoms with Crippen LogP contribution in [0.4, 0.5) is 0 Å². The van der Waals surface area contributed by atoms with Gasteiger partial charge in [0.05, 0.1) is 5.69 Å². The van der Waals surface area contributed by atoms with Crippen molar-refractivity contribution in [3.05, 3.63) is 38.7 Å². The molecule has 1 N–H and O–H groups in total. The van der Waals surface area contributed by atoms with E-state index < -0.39 is 0 Å². The first kappa shape index (κ1) is 11.0. The SMILES string of the molecule is Clc1ccc2c(c1)Cc1sc(CNC3CC3)nc1-2. The number of nitrogens with one attached hydrogen (secondary N) is 1. The zero-order valence-electron chi connectivity index (χ0n) is 9.87. The summed E-state index contributed by atoms with van der Waals surface area (Å²) in [4.78, 5) is 6.16. The van der Waals surface area contributed by atoms with Crippen molar-refractivity contribution in [3.63, 3.8) is 0 Å². The third-order valence-electron chi connectivity index (χ3n) is 3.53. The molecule has 0 unspecified atom stereocenters. The standard InChI is InChI=1S/C14H13ClN2S/c15-9-1-4-11-8(5-9)6-12-14(11)17-13(18-12)7-16-10-2-3-10/h1,4-5,10,16H,2-3,6-7H2. The number of fused-ring (bicyclic) bond motifs is 3. The number of benzene rings is 1. The monoisotopic (exact) mass is 276 g/mol. The molecule has 1 fully saturated rings. The van der Waals surface area contributed by atoms with E-state index in [2.05, 4.69) is 17.4 Å². The maximum atomic E-state index is 6.03. The molecular weight excluding hydrogens is 264 g/mol. The Morgan fingerprint density at radius 3 is 3.11 bits per heavy atom. The maximum absolute atomic E-state index is 6.03. The fourth-order valence-corrected chi connectivity index (χ4v) is 3.69. The van der Waals surface area contributed by atoms with Crippen molar-refractivity contribution in [1.82, 2.24) is 10.3 Å². The quantitative estimate of drug-likeness (QED) is 0.790. The molecule has 0 spiro atoms. The lowest BCUT2D eigenvalue weighted by atomic mass is 10.1. The highest BCUT2D eigenvalue weighted by Gasteiger charge is 2.25. The Balaban J connectivity index is 1.63. The number of nitrogens with zero attached hydrogens (tertiary/aromatic N) is 1. The Labute approximate surface area is 115 Å². The molecule has 2 aliphatic rings. The van der Waals surface area contributed by atoms with E-state index in [9.17, 15) is 0 Å². The van der Waals surface area contributed by atoms with E-state index in [0.717, 1.165) is 24.0 Å². The lowest BCUT2D eigenvalue weighted by Crippen LogP contribution is -2.14. The molecule has 0 radical (unpaired) electrons. The molecule has 0 atom stereocenters. The fraction of sp³-hybridized carbons (Fsp3) is 0.357. The van der Waals surface area contributed by atoms with Crippen molar-refractivity contribution in [2.24, 2.45) is 0 Å². The van der Waals surface area contributed by atoms with Gasteiger partial charge in [-0.3, -0.25) is 0 Å². The number of halogens is 1. The van der Waals surface area contributed by atoms with Crippen LogP contribution in [0.5, 0.6) is 0 Å². The highest BCUT2D eigenvalue weighted by Crippen LogP contribution is 2.40. The normalized spacial score (nSPS) is 16.7. The average molecular weight is 277 g/mol. The van der Waals surface area contributed by atoms with Gasteiger partial charge in [0.25, 0.3) is 0 Å². The van der Waals surface area contributed by atoms with Gasteiger partial charge in [-0.25, -0.2) is 4.98 Å². The Hall–Kier alpha value is -0.900. The minimum atomic E-state index is 0.745. The summed E-state index contributed by atoms with van der Waals surface area (Å²) in [5.41, 5.74) is 3.76. The van der Waals surface area contributed by atoms with Crippen LogP contribution in [0.3, 0.4) is 0 Å². The van der Waals surface area contributed by atoms with Gasteiger partial charge < -0.3 is 5.32 Å². The predicted molar refractivity (Wildman–Crippen MR) is 75.2 cm³/mol. The Morgan fingerprint density at radius 2 is 2.28 bits per heavy atom.